The van der Waals surface area contributed by atoms with Gasteiger partial charge >= 0.3 is 0 Å². The van der Waals surface area contributed by atoms with Crippen molar-refractivity contribution in [3.8, 4) is 5.75 Å². The molecule has 0 aliphatic heterocycles. The van der Waals surface area contributed by atoms with E-state index in [1.54, 1.807) is 6.07 Å². The molecule has 3 aromatic rings. The molecular weight excluding hydrogens is 296 g/mol. The molecule has 0 atom stereocenters. The van der Waals surface area contributed by atoms with Crippen molar-refractivity contribution in [2.45, 2.75) is 6.54 Å². The van der Waals surface area contributed by atoms with Gasteiger partial charge in [-0.05, 0) is 29.0 Å². The number of rotatable bonds is 5. The van der Waals surface area contributed by atoms with Crippen LogP contribution in [-0.4, -0.2) is 11.7 Å². The largest absolute Gasteiger partial charge is 0.507 e. The zero-order chi connectivity index (χ0) is 16.9. The summed E-state index contributed by atoms with van der Waals surface area (Å²) < 4.78 is 2.12. The molecule has 3 heteroatoms. The zero-order valence-corrected chi connectivity index (χ0v) is 13.5. The van der Waals surface area contributed by atoms with Gasteiger partial charge < -0.3 is 10.8 Å². The molecule has 1 aromatic heterocycles. The van der Waals surface area contributed by atoms with Crippen LogP contribution in [0.5, 0.6) is 5.75 Å². The molecule has 0 bridgehead atoms. The third kappa shape index (κ3) is 3.07. The molecule has 0 aliphatic carbocycles. The van der Waals surface area contributed by atoms with Crippen LogP contribution in [0.15, 0.2) is 61.2 Å². The van der Waals surface area contributed by atoms with E-state index < -0.39 is 0 Å². The second kappa shape index (κ2) is 7.11. The first-order chi connectivity index (χ1) is 11.7. The van der Waals surface area contributed by atoms with E-state index in [4.69, 9.17) is 5.73 Å². The number of fused-ring (bicyclic) bond motifs is 1. The topological polar surface area (TPSA) is 50.1 Å². The Bertz CT molecular complexity index is 913. The second-order valence-corrected chi connectivity index (χ2v) is 5.57. The predicted molar refractivity (Wildman–Crippen MR) is 100 cm³/mol. The van der Waals surface area contributed by atoms with Gasteiger partial charge in [-0.1, -0.05) is 36.9 Å². The molecule has 0 fully saturated rings. The summed E-state index contributed by atoms with van der Waals surface area (Å²) in [6.45, 7) is 5.13. The van der Waals surface area contributed by atoms with Crippen LogP contribution in [0.4, 0.5) is 0 Å². The first-order valence-electron chi connectivity index (χ1n) is 7.98. The van der Waals surface area contributed by atoms with Gasteiger partial charge in [0.25, 0.3) is 0 Å². The van der Waals surface area contributed by atoms with Crippen LogP contribution >= 0.6 is 0 Å². The molecule has 0 unspecified atom stereocenters. The lowest BCUT2D eigenvalue weighted by molar-refractivity contribution is -0.697. The molecule has 0 saturated carbocycles. The molecule has 0 saturated heterocycles. The number of hydrogen-bond donors (Lipinski definition) is 2. The Labute approximate surface area is 142 Å². The molecule has 0 radical (unpaired) electrons. The molecule has 0 aliphatic rings. The molecule has 24 heavy (non-hydrogen) atoms. The van der Waals surface area contributed by atoms with E-state index in [9.17, 15) is 5.11 Å². The van der Waals surface area contributed by atoms with Crippen molar-refractivity contribution in [1.29, 1.82) is 0 Å². The first-order valence-corrected chi connectivity index (χ1v) is 7.98. The van der Waals surface area contributed by atoms with Crippen LogP contribution in [0.3, 0.4) is 0 Å². The quantitative estimate of drug-likeness (QED) is 0.706. The van der Waals surface area contributed by atoms with Crippen LogP contribution in [0.25, 0.3) is 29.0 Å². The molecule has 3 rings (SSSR count). The van der Waals surface area contributed by atoms with Crippen LogP contribution in [0, 0.1) is 0 Å². The number of nitrogens with zero attached hydrogens (tertiary/aromatic N) is 1. The summed E-state index contributed by atoms with van der Waals surface area (Å²) in [4.78, 5) is 0. The molecule has 3 nitrogen and oxygen atoms in total. The fourth-order valence-corrected chi connectivity index (χ4v) is 2.91. The van der Waals surface area contributed by atoms with Crippen molar-refractivity contribution in [2.24, 2.45) is 5.73 Å². The number of hydrogen-bond acceptors (Lipinski definition) is 2. The molecule has 3 N–H and O–H groups in total. The van der Waals surface area contributed by atoms with Crippen molar-refractivity contribution < 1.29 is 9.67 Å². The number of phenolic OH excluding ortho intramolecular Hbond substituents is 1. The van der Waals surface area contributed by atoms with Crippen molar-refractivity contribution in [3.63, 3.8) is 0 Å². The summed E-state index contributed by atoms with van der Waals surface area (Å²) >= 11 is 0. The number of phenols is 1. The van der Waals surface area contributed by atoms with Crippen LogP contribution in [0.1, 0.15) is 17.0 Å². The molecule has 2 aromatic carbocycles. The van der Waals surface area contributed by atoms with Crippen LogP contribution in [-0.2, 0) is 6.54 Å². The summed E-state index contributed by atoms with van der Waals surface area (Å²) in [5, 5.41) is 12.4. The van der Waals surface area contributed by atoms with Gasteiger partial charge in [-0.3, -0.25) is 0 Å². The molecule has 120 valence electrons. The van der Waals surface area contributed by atoms with E-state index >= 15 is 0 Å². The Balaban J connectivity index is 2.09. The highest BCUT2D eigenvalue weighted by atomic mass is 16.3. The summed E-state index contributed by atoms with van der Waals surface area (Å²) in [6, 6.07) is 17.7. The average Bonchev–Trinajstić information content (AvgIpc) is 2.62. The fourth-order valence-electron chi connectivity index (χ4n) is 2.91. The Hall–Kier alpha value is -2.91. The Kier molecular flexibility index (Phi) is 4.73. The summed E-state index contributed by atoms with van der Waals surface area (Å²) in [5.41, 5.74) is 8.59. The maximum Gasteiger partial charge on any atom is 0.205 e. The standard InChI is InChI=1S/C21H20N2O/c1-2-17-7-5-8-18(23(17)15-14-22)11-12-20-19-9-4-3-6-16(19)10-13-21(20)24/h2-13H,1,14-15,22H2/p+1. The van der Waals surface area contributed by atoms with Gasteiger partial charge in [0.2, 0.25) is 11.4 Å². The number of aromatic hydroxyl groups is 1. The maximum absolute atomic E-state index is 10.3. The van der Waals surface area contributed by atoms with E-state index in [1.807, 2.05) is 66.8 Å². The summed E-state index contributed by atoms with van der Waals surface area (Å²) in [6.07, 6.45) is 5.78. The predicted octanol–water partition coefficient (Wildman–Crippen LogP) is 3.61. The number of aromatic nitrogens is 1. The smallest absolute Gasteiger partial charge is 0.205 e. The fraction of sp³-hybridized carbons (Fsp3) is 0.0952. The number of benzene rings is 2. The monoisotopic (exact) mass is 317 g/mol. The number of pyridine rings is 1. The Morgan fingerprint density at radius 1 is 0.958 bits per heavy atom. The SMILES string of the molecule is C=Cc1cccc(/C=C/c2c(O)ccc3ccccc23)[n+]1CCN. The highest BCUT2D eigenvalue weighted by molar-refractivity contribution is 5.94. The third-order valence-electron chi connectivity index (χ3n) is 4.09. The molecular formula is C21H21N2O+. The van der Waals surface area contributed by atoms with E-state index in [2.05, 4.69) is 11.1 Å². The minimum Gasteiger partial charge on any atom is -0.507 e. The van der Waals surface area contributed by atoms with E-state index in [0.717, 1.165) is 27.7 Å². The molecule has 1 heterocycles. The second-order valence-electron chi connectivity index (χ2n) is 5.57. The Morgan fingerprint density at radius 2 is 1.75 bits per heavy atom. The van der Waals surface area contributed by atoms with Gasteiger partial charge in [0.05, 0.1) is 6.54 Å². The van der Waals surface area contributed by atoms with Gasteiger partial charge in [-0.2, -0.15) is 4.57 Å². The molecule has 0 amide bonds. The van der Waals surface area contributed by atoms with Crippen molar-refractivity contribution in [1.82, 2.24) is 0 Å². The van der Waals surface area contributed by atoms with E-state index in [0.29, 0.717) is 13.1 Å². The van der Waals surface area contributed by atoms with Crippen LogP contribution < -0.4 is 10.3 Å². The third-order valence-corrected chi connectivity index (χ3v) is 4.09. The van der Waals surface area contributed by atoms with Gasteiger partial charge in [0.1, 0.15) is 5.75 Å². The van der Waals surface area contributed by atoms with Crippen molar-refractivity contribution in [3.05, 3.63) is 78.1 Å². The van der Waals surface area contributed by atoms with E-state index in [-0.39, 0.29) is 5.75 Å². The van der Waals surface area contributed by atoms with Gasteiger partial charge in [-0.15, -0.1) is 0 Å². The lowest BCUT2D eigenvalue weighted by atomic mass is 10.0. The highest BCUT2D eigenvalue weighted by Gasteiger charge is 2.12. The van der Waals surface area contributed by atoms with E-state index in [1.165, 1.54) is 0 Å². The van der Waals surface area contributed by atoms with Gasteiger partial charge in [0, 0.05) is 29.8 Å². The zero-order valence-electron chi connectivity index (χ0n) is 13.5. The summed E-state index contributed by atoms with van der Waals surface area (Å²) in [7, 11) is 0. The van der Waals surface area contributed by atoms with Crippen molar-refractivity contribution >= 4 is 29.0 Å². The average molecular weight is 317 g/mol. The lowest BCUT2D eigenvalue weighted by Gasteiger charge is -2.06. The minimum atomic E-state index is 0.273. The maximum atomic E-state index is 10.3. The highest BCUT2D eigenvalue weighted by Crippen LogP contribution is 2.28. The van der Waals surface area contributed by atoms with Crippen LogP contribution in [0.2, 0.25) is 0 Å². The Morgan fingerprint density at radius 3 is 2.54 bits per heavy atom. The first kappa shape index (κ1) is 16.0. The number of nitrogens with two attached hydrogens (primary N) is 1. The molecule has 0 spiro atoms. The normalized spacial score (nSPS) is 11.2. The van der Waals surface area contributed by atoms with Gasteiger partial charge in [-0.25, -0.2) is 0 Å². The van der Waals surface area contributed by atoms with Crippen molar-refractivity contribution in [2.75, 3.05) is 6.54 Å². The van der Waals surface area contributed by atoms with Gasteiger partial charge in [0.15, 0.2) is 6.54 Å². The minimum absolute atomic E-state index is 0.273. The summed E-state index contributed by atoms with van der Waals surface area (Å²) in [5.74, 6) is 0.273. The lowest BCUT2D eigenvalue weighted by Crippen LogP contribution is -2.43.